The average Bonchev–Trinajstić information content (AvgIpc) is 3.41. The molecule has 4 aromatic rings. The third-order valence-electron chi connectivity index (χ3n) is 7.65. The van der Waals surface area contributed by atoms with Crippen LogP contribution < -0.4 is 21.3 Å². The molecule has 1 aliphatic rings. The number of nitrogens with zero attached hydrogens (tertiary/aromatic N) is 5. The predicted octanol–water partition coefficient (Wildman–Crippen LogP) is 6.64. The maximum atomic E-state index is 14.8. The van der Waals surface area contributed by atoms with Crippen LogP contribution in [0.2, 0.25) is 0 Å². The minimum atomic E-state index is -0.352. The molecule has 11 heteroatoms. The van der Waals surface area contributed by atoms with Crippen molar-refractivity contribution in [1.29, 1.82) is 0 Å². The summed E-state index contributed by atoms with van der Waals surface area (Å²) in [5.74, 6) is 0.211. The molecule has 2 aromatic heterocycles. The smallest absolute Gasteiger partial charge is 0.229 e. The van der Waals surface area contributed by atoms with Crippen molar-refractivity contribution in [2.75, 3.05) is 55.5 Å². The van der Waals surface area contributed by atoms with E-state index in [-0.39, 0.29) is 17.6 Å². The van der Waals surface area contributed by atoms with E-state index in [2.05, 4.69) is 25.5 Å². The van der Waals surface area contributed by atoms with Crippen molar-refractivity contribution in [1.82, 2.24) is 19.9 Å². The molecule has 1 fully saturated rings. The Hall–Kier alpha value is -4.09. The molecular formula is C32H39FN8OS. The van der Waals surface area contributed by atoms with Gasteiger partial charge in [-0.15, -0.1) is 0 Å². The van der Waals surface area contributed by atoms with Crippen molar-refractivity contribution < 1.29 is 9.18 Å². The predicted molar refractivity (Wildman–Crippen MR) is 174 cm³/mol. The van der Waals surface area contributed by atoms with Gasteiger partial charge in [-0.3, -0.25) is 4.79 Å². The van der Waals surface area contributed by atoms with Crippen LogP contribution in [0.1, 0.15) is 38.5 Å². The highest BCUT2D eigenvalue weighted by atomic mass is 32.1. The number of amides is 1. The third kappa shape index (κ3) is 7.66. The van der Waals surface area contributed by atoms with Crippen LogP contribution in [-0.2, 0) is 4.79 Å². The number of nitrogen functional groups attached to an aromatic ring is 1. The number of nitrogens with two attached hydrogens (primary N) is 1. The molecule has 0 aliphatic heterocycles. The van der Waals surface area contributed by atoms with Crippen LogP contribution in [0.3, 0.4) is 0 Å². The summed E-state index contributed by atoms with van der Waals surface area (Å²) in [5.41, 5.74) is 10.2. The summed E-state index contributed by atoms with van der Waals surface area (Å²) in [7, 11) is 5.87. The van der Waals surface area contributed by atoms with Crippen molar-refractivity contribution in [3.8, 4) is 21.8 Å². The molecule has 0 spiro atoms. The molecule has 2 heterocycles. The second-order valence-electron chi connectivity index (χ2n) is 11.2. The summed E-state index contributed by atoms with van der Waals surface area (Å²) >= 11 is 1.33. The summed E-state index contributed by atoms with van der Waals surface area (Å²) in [6.45, 7) is 1.61. The number of nitrogens with one attached hydrogen (secondary N) is 2. The van der Waals surface area contributed by atoms with Gasteiger partial charge >= 0.3 is 0 Å². The molecule has 2 aromatic carbocycles. The third-order valence-corrected chi connectivity index (χ3v) is 8.55. The van der Waals surface area contributed by atoms with E-state index in [1.54, 1.807) is 29.3 Å². The first-order valence-corrected chi connectivity index (χ1v) is 15.5. The largest absolute Gasteiger partial charge is 0.383 e. The molecule has 0 radical (unpaired) electrons. The average molecular weight is 603 g/mol. The Kier molecular flexibility index (Phi) is 9.83. The lowest BCUT2D eigenvalue weighted by Gasteiger charge is -2.26. The Morgan fingerprint density at radius 3 is 2.65 bits per heavy atom. The van der Waals surface area contributed by atoms with Gasteiger partial charge in [-0.25, -0.2) is 19.3 Å². The van der Waals surface area contributed by atoms with Gasteiger partial charge < -0.3 is 26.2 Å². The van der Waals surface area contributed by atoms with Gasteiger partial charge in [-0.1, -0.05) is 42.7 Å². The van der Waals surface area contributed by atoms with Gasteiger partial charge in [0, 0.05) is 42.6 Å². The van der Waals surface area contributed by atoms with Gasteiger partial charge in [0.1, 0.15) is 5.82 Å². The fraction of sp³-hybridized carbons (Fsp3) is 0.375. The number of carbonyl (C=O) groups excluding carboxylic acids is 1. The zero-order valence-electron chi connectivity index (χ0n) is 24.9. The van der Waals surface area contributed by atoms with E-state index in [9.17, 15) is 9.18 Å². The Bertz CT molecular complexity index is 1550. The lowest BCUT2D eigenvalue weighted by atomic mass is 9.88. The molecule has 0 saturated heterocycles. The number of hydrogen-bond acceptors (Lipinski definition) is 9. The highest BCUT2D eigenvalue weighted by Gasteiger charge is 2.25. The van der Waals surface area contributed by atoms with Crippen LogP contribution in [0, 0.1) is 11.7 Å². The highest BCUT2D eigenvalue weighted by molar-refractivity contribution is 7.19. The lowest BCUT2D eigenvalue weighted by Crippen LogP contribution is -2.33. The second kappa shape index (κ2) is 13.9. The number of thiazole rings is 1. The Morgan fingerprint density at radius 1 is 1.07 bits per heavy atom. The summed E-state index contributed by atoms with van der Waals surface area (Å²) in [6.07, 6.45) is 7.88. The molecule has 1 saturated carbocycles. The molecule has 43 heavy (non-hydrogen) atoms. The van der Waals surface area contributed by atoms with Crippen LogP contribution in [0.15, 0.2) is 54.7 Å². The van der Waals surface area contributed by atoms with E-state index in [4.69, 9.17) is 10.7 Å². The molecule has 1 aliphatic carbocycles. The standard InChI is InChI=1S/C32H39FN8OS/c1-40(2)18-8-16-35-26-14-13-23(20-25(26)33)37-32-36-17-15-27(38-32)29-28(39-31(34)43-29)22-11-7-12-24(19-22)41(3)30(42)21-9-5-4-6-10-21/h7,11-15,17,19-21,35H,4-6,8-10,16,18H2,1-3H3,(H2,34,39)(H,36,37,38). The van der Waals surface area contributed by atoms with E-state index >= 15 is 0 Å². The first kappa shape index (κ1) is 30.4. The number of aromatic nitrogens is 3. The first-order valence-electron chi connectivity index (χ1n) is 14.7. The number of hydrogen-bond donors (Lipinski definition) is 3. The lowest BCUT2D eigenvalue weighted by molar-refractivity contribution is -0.123. The van der Waals surface area contributed by atoms with Gasteiger partial charge in [-0.2, -0.15) is 0 Å². The number of benzene rings is 2. The summed E-state index contributed by atoms with van der Waals surface area (Å²) in [5, 5.41) is 6.67. The Labute approximate surface area is 256 Å². The summed E-state index contributed by atoms with van der Waals surface area (Å²) in [6, 6.07) is 14.5. The van der Waals surface area contributed by atoms with Gasteiger partial charge in [0.05, 0.1) is 22.0 Å². The molecule has 0 bridgehead atoms. The highest BCUT2D eigenvalue weighted by Crippen LogP contribution is 2.39. The van der Waals surface area contributed by atoms with E-state index in [1.807, 2.05) is 45.4 Å². The molecular weight excluding hydrogens is 563 g/mol. The number of anilines is 5. The number of rotatable bonds is 11. The molecule has 1 amide bonds. The molecule has 9 nitrogen and oxygen atoms in total. The van der Waals surface area contributed by atoms with E-state index in [0.29, 0.717) is 40.4 Å². The minimum absolute atomic E-state index is 0.0776. The minimum Gasteiger partial charge on any atom is -0.383 e. The molecule has 226 valence electrons. The number of carbonyl (C=O) groups is 1. The number of halogens is 1. The fourth-order valence-corrected chi connectivity index (χ4v) is 6.17. The topological polar surface area (TPSA) is 112 Å². The van der Waals surface area contributed by atoms with Gasteiger partial charge in [0.2, 0.25) is 11.9 Å². The van der Waals surface area contributed by atoms with Gasteiger partial charge in [-0.05, 0) is 76.3 Å². The maximum Gasteiger partial charge on any atom is 0.229 e. The summed E-state index contributed by atoms with van der Waals surface area (Å²) in [4.78, 5) is 31.5. The monoisotopic (exact) mass is 602 g/mol. The zero-order valence-corrected chi connectivity index (χ0v) is 25.8. The van der Waals surface area contributed by atoms with Crippen LogP contribution in [0.25, 0.3) is 21.8 Å². The van der Waals surface area contributed by atoms with Crippen molar-refractivity contribution in [2.24, 2.45) is 5.92 Å². The zero-order chi connectivity index (χ0) is 30.3. The van der Waals surface area contributed by atoms with Crippen LogP contribution in [-0.4, -0.2) is 60.0 Å². The van der Waals surface area contributed by atoms with Crippen LogP contribution >= 0.6 is 11.3 Å². The molecule has 5 rings (SSSR count). The molecule has 0 atom stereocenters. The van der Waals surface area contributed by atoms with Crippen molar-refractivity contribution >= 4 is 45.4 Å². The Morgan fingerprint density at radius 2 is 1.88 bits per heavy atom. The Balaban J connectivity index is 1.33. The van der Waals surface area contributed by atoms with Crippen molar-refractivity contribution in [3.05, 3.63) is 60.5 Å². The van der Waals surface area contributed by atoms with Crippen LogP contribution in [0.4, 0.5) is 32.5 Å². The van der Waals surface area contributed by atoms with E-state index in [0.717, 1.165) is 54.8 Å². The molecule has 4 N–H and O–H groups in total. The van der Waals surface area contributed by atoms with Crippen molar-refractivity contribution in [2.45, 2.75) is 38.5 Å². The van der Waals surface area contributed by atoms with E-state index in [1.165, 1.54) is 23.8 Å². The van der Waals surface area contributed by atoms with E-state index < -0.39 is 0 Å². The normalized spacial score (nSPS) is 13.7. The first-order chi connectivity index (χ1) is 20.8. The second-order valence-corrected chi connectivity index (χ2v) is 12.2. The van der Waals surface area contributed by atoms with Crippen LogP contribution in [0.5, 0.6) is 0 Å². The van der Waals surface area contributed by atoms with Crippen molar-refractivity contribution in [3.63, 3.8) is 0 Å². The summed E-state index contributed by atoms with van der Waals surface area (Å²) < 4.78 is 14.8. The van der Waals surface area contributed by atoms with Gasteiger partial charge in [0.15, 0.2) is 5.13 Å². The SMILES string of the molecule is CN(C)CCCNc1ccc(Nc2nccc(-c3sc(N)nc3-c3cccc(N(C)C(=O)C4CCCCC4)c3)n2)cc1F. The maximum absolute atomic E-state index is 14.8. The fourth-order valence-electron chi connectivity index (χ4n) is 5.35. The quantitative estimate of drug-likeness (QED) is 0.164. The van der Waals surface area contributed by atoms with Gasteiger partial charge in [0.25, 0.3) is 0 Å². The molecule has 0 unspecified atom stereocenters.